The third kappa shape index (κ3) is 5.11. The van der Waals surface area contributed by atoms with Crippen LogP contribution in [-0.4, -0.2) is 39.3 Å². The predicted molar refractivity (Wildman–Crippen MR) is 117 cm³/mol. The SMILES string of the molecule is CCCn1c(=O)n(CCCn2nnc(Cc3ccc(F)c(C(F)(F)F)c3)n2)c(=O)c2[nH]c(Cl)nc21. The molecule has 0 spiro atoms. The molecule has 0 unspecified atom stereocenters. The van der Waals surface area contributed by atoms with Crippen molar-refractivity contribution < 1.29 is 17.6 Å². The van der Waals surface area contributed by atoms with Gasteiger partial charge in [-0.25, -0.2) is 9.18 Å². The summed E-state index contributed by atoms with van der Waals surface area (Å²) in [6.45, 7) is 2.47. The molecule has 1 aromatic carbocycles. The Hall–Kier alpha value is -3.55. The maximum Gasteiger partial charge on any atom is 0.419 e. The van der Waals surface area contributed by atoms with Crippen LogP contribution >= 0.6 is 11.6 Å². The van der Waals surface area contributed by atoms with Crippen LogP contribution in [0.15, 0.2) is 27.8 Å². The van der Waals surface area contributed by atoms with Crippen LogP contribution in [0, 0.1) is 5.82 Å². The summed E-state index contributed by atoms with van der Waals surface area (Å²) in [5, 5.41) is 11.8. The Balaban J connectivity index is 1.47. The molecule has 0 saturated carbocycles. The minimum Gasteiger partial charge on any atom is -0.323 e. The topological polar surface area (TPSA) is 116 Å². The summed E-state index contributed by atoms with van der Waals surface area (Å²) in [6, 6.07) is 2.67. The van der Waals surface area contributed by atoms with Gasteiger partial charge in [-0.15, -0.1) is 10.2 Å². The second-order valence-electron chi connectivity index (χ2n) is 7.76. The monoisotopic (exact) mass is 514 g/mol. The Kier molecular flexibility index (Phi) is 6.74. The highest BCUT2D eigenvalue weighted by atomic mass is 35.5. The molecule has 186 valence electrons. The highest BCUT2D eigenvalue weighted by Gasteiger charge is 2.34. The number of fused-ring (bicyclic) bond motifs is 1. The normalized spacial score (nSPS) is 12.1. The van der Waals surface area contributed by atoms with E-state index in [0.717, 1.165) is 10.6 Å². The molecule has 0 fully saturated rings. The number of halogens is 5. The fraction of sp³-hybridized carbons (Fsp3) is 0.400. The van der Waals surface area contributed by atoms with Crippen molar-refractivity contribution in [2.45, 2.75) is 52.0 Å². The number of H-pyrrole nitrogens is 1. The quantitative estimate of drug-likeness (QED) is 0.285. The molecule has 0 amide bonds. The van der Waals surface area contributed by atoms with Crippen molar-refractivity contribution >= 4 is 22.8 Å². The standard InChI is InChI=1S/C20H19ClF4N8O2/c1-2-6-31-16-15(26-18(21)27-16)17(34)32(19(31)35)7-3-8-33-29-14(28-30-33)10-11-4-5-13(22)12(9-11)20(23,24)25/h4-5,9H,2-3,6-8,10H2,1H3,(H,26,27). The van der Waals surface area contributed by atoms with Gasteiger partial charge in [0.05, 0.1) is 12.1 Å². The van der Waals surface area contributed by atoms with Gasteiger partial charge in [-0.05, 0) is 47.4 Å². The summed E-state index contributed by atoms with van der Waals surface area (Å²) < 4.78 is 54.7. The van der Waals surface area contributed by atoms with Gasteiger partial charge in [-0.3, -0.25) is 13.9 Å². The highest BCUT2D eigenvalue weighted by molar-refractivity contribution is 6.28. The van der Waals surface area contributed by atoms with Crippen LogP contribution < -0.4 is 11.2 Å². The lowest BCUT2D eigenvalue weighted by molar-refractivity contribution is -0.140. The maximum atomic E-state index is 13.5. The molecular formula is C20H19ClF4N8O2. The van der Waals surface area contributed by atoms with Crippen LogP contribution in [0.5, 0.6) is 0 Å². The van der Waals surface area contributed by atoms with Gasteiger partial charge in [0.15, 0.2) is 17.0 Å². The highest BCUT2D eigenvalue weighted by Crippen LogP contribution is 2.32. The minimum absolute atomic E-state index is 0.00181. The van der Waals surface area contributed by atoms with Crippen molar-refractivity contribution in [1.29, 1.82) is 0 Å². The molecule has 10 nitrogen and oxygen atoms in total. The van der Waals surface area contributed by atoms with Gasteiger partial charge in [-0.2, -0.15) is 23.0 Å². The molecular weight excluding hydrogens is 496 g/mol. The summed E-state index contributed by atoms with van der Waals surface area (Å²) in [4.78, 5) is 33.5. The van der Waals surface area contributed by atoms with E-state index in [1.54, 1.807) is 0 Å². The number of hydrogen-bond acceptors (Lipinski definition) is 6. The zero-order chi connectivity index (χ0) is 25.3. The summed E-state index contributed by atoms with van der Waals surface area (Å²) in [6.07, 6.45) is -3.97. The average molecular weight is 515 g/mol. The fourth-order valence-corrected chi connectivity index (χ4v) is 3.83. The number of rotatable bonds is 8. The van der Waals surface area contributed by atoms with Crippen LogP contribution in [0.3, 0.4) is 0 Å². The first-order valence-corrected chi connectivity index (χ1v) is 11.0. The molecule has 0 radical (unpaired) electrons. The molecule has 0 bridgehead atoms. The number of imidazole rings is 1. The molecule has 0 saturated heterocycles. The van der Waals surface area contributed by atoms with Crippen LogP contribution in [0.1, 0.15) is 36.7 Å². The molecule has 4 aromatic rings. The lowest BCUT2D eigenvalue weighted by Gasteiger charge is -2.10. The van der Waals surface area contributed by atoms with E-state index in [1.165, 1.54) is 15.4 Å². The van der Waals surface area contributed by atoms with Crippen molar-refractivity contribution in [3.8, 4) is 0 Å². The summed E-state index contributed by atoms with van der Waals surface area (Å²) in [5.74, 6) is -1.22. The second kappa shape index (κ2) is 9.60. The van der Waals surface area contributed by atoms with E-state index >= 15 is 0 Å². The van der Waals surface area contributed by atoms with Crippen LogP contribution in [-0.2, 0) is 32.2 Å². The molecule has 0 atom stereocenters. The van der Waals surface area contributed by atoms with Crippen molar-refractivity contribution in [2.75, 3.05) is 0 Å². The van der Waals surface area contributed by atoms with Gasteiger partial charge in [0.1, 0.15) is 5.82 Å². The van der Waals surface area contributed by atoms with Crippen LogP contribution in [0.25, 0.3) is 11.2 Å². The van der Waals surface area contributed by atoms with E-state index in [0.29, 0.717) is 25.5 Å². The van der Waals surface area contributed by atoms with E-state index in [2.05, 4.69) is 25.4 Å². The molecule has 1 N–H and O–H groups in total. The van der Waals surface area contributed by atoms with Crippen LogP contribution in [0.4, 0.5) is 17.6 Å². The summed E-state index contributed by atoms with van der Waals surface area (Å²) in [7, 11) is 0. The lowest BCUT2D eigenvalue weighted by atomic mass is 10.1. The smallest absolute Gasteiger partial charge is 0.323 e. The molecule has 3 heterocycles. The Morgan fingerprint density at radius 1 is 1.11 bits per heavy atom. The number of alkyl halides is 3. The molecule has 4 rings (SSSR count). The van der Waals surface area contributed by atoms with Gasteiger partial charge in [0.2, 0.25) is 5.28 Å². The Morgan fingerprint density at radius 3 is 2.60 bits per heavy atom. The largest absolute Gasteiger partial charge is 0.419 e. The number of aryl methyl sites for hydroxylation is 2. The number of aromatic amines is 1. The molecule has 15 heteroatoms. The second-order valence-corrected chi connectivity index (χ2v) is 8.12. The van der Waals surface area contributed by atoms with Gasteiger partial charge >= 0.3 is 11.9 Å². The van der Waals surface area contributed by atoms with Crippen molar-refractivity contribution in [1.82, 2.24) is 39.3 Å². The molecule has 0 aliphatic heterocycles. The minimum atomic E-state index is -4.82. The first-order valence-electron chi connectivity index (χ1n) is 10.6. The Bertz CT molecular complexity index is 1490. The number of nitrogens with zero attached hydrogens (tertiary/aromatic N) is 7. The lowest BCUT2D eigenvalue weighted by Crippen LogP contribution is -2.40. The first kappa shape index (κ1) is 24.6. The van der Waals surface area contributed by atoms with Gasteiger partial charge in [-0.1, -0.05) is 13.0 Å². The van der Waals surface area contributed by atoms with Gasteiger partial charge in [0, 0.05) is 19.5 Å². The molecule has 3 aromatic heterocycles. The number of hydrogen-bond donors (Lipinski definition) is 1. The molecule has 35 heavy (non-hydrogen) atoms. The maximum absolute atomic E-state index is 13.5. The van der Waals surface area contributed by atoms with Crippen molar-refractivity contribution in [2.24, 2.45) is 0 Å². The zero-order valence-corrected chi connectivity index (χ0v) is 19.1. The summed E-state index contributed by atoms with van der Waals surface area (Å²) >= 11 is 5.88. The van der Waals surface area contributed by atoms with Crippen molar-refractivity contribution in [3.63, 3.8) is 0 Å². The Labute approximate surface area is 199 Å². The molecule has 0 aliphatic rings. The van der Waals surface area contributed by atoms with Crippen molar-refractivity contribution in [3.05, 3.63) is 67.1 Å². The number of tetrazole rings is 1. The zero-order valence-electron chi connectivity index (χ0n) is 18.3. The third-order valence-electron chi connectivity index (χ3n) is 5.21. The Morgan fingerprint density at radius 2 is 1.89 bits per heavy atom. The first-order chi connectivity index (χ1) is 16.6. The predicted octanol–water partition coefficient (Wildman–Crippen LogP) is 2.78. The average Bonchev–Trinajstić information content (AvgIpc) is 3.40. The van der Waals surface area contributed by atoms with Gasteiger partial charge in [0.25, 0.3) is 5.56 Å². The van der Waals surface area contributed by atoms with E-state index < -0.39 is 28.8 Å². The number of benzene rings is 1. The van der Waals surface area contributed by atoms with Gasteiger partial charge < -0.3 is 4.98 Å². The number of nitrogens with one attached hydrogen (secondary N) is 1. The van der Waals surface area contributed by atoms with E-state index in [9.17, 15) is 27.2 Å². The van der Waals surface area contributed by atoms with E-state index in [4.69, 9.17) is 11.6 Å². The fourth-order valence-electron chi connectivity index (χ4n) is 3.66. The number of aromatic nitrogens is 8. The van der Waals surface area contributed by atoms with E-state index in [-0.39, 0.29) is 47.3 Å². The third-order valence-corrected chi connectivity index (χ3v) is 5.39. The van der Waals surface area contributed by atoms with Crippen LogP contribution in [0.2, 0.25) is 5.28 Å². The summed E-state index contributed by atoms with van der Waals surface area (Å²) in [5.41, 5.74) is -1.94. The molecule has 0 aliphatic carbocycles. The van der Waals surface area contributed by atoms with E-state index in [1.807, 2.05) is 6.92 Å².